The van der Waals surface area contributed by atoms with Crippen LogP contribution < -0.4 is 5.32 Å². The van der Waals surface area contributed by atoms with Crippen molar-refractivity contribution in [3.63, 3.8) is 0 Å². The quantitative estimate of drug-likeness (QED) is 0.625. The number of aliphatic carboxylic acids is 1. The third-order valence-corrected chi connectivity index (χ3v) is 3.29. The van der Waals surface area contributed by atoms with Gasteiger partial charge in [0.1, 0.15) is 0 Å². The van der Waals surface area contributed by atoms with Gasteiger partial charge in [-0.1, -0.05) is 25.7 Å². The summed E-state index contributed by atoms with van der Waals surface area (Å²) >= 11 is 0. The molecule has 1 fully saturated rings. The fourth-order valence-corrected chi connectivity index (χ4v) is 2.26. The zero-order valence-electron chi connectivity index (χ0n) is 10.0. The molecule has 1 unspecified atom stereocenters. The van der Waals surface area contributed by atoms with E-state index in [-0.39, 0.29) is 12.5 Å². The number of carbonyl (C=O) groups is 1. The Morgan fingerprint density at radius 2 is 1.88 bits per heavy atom. The van der Waals surface area contributed by atoms with Gasteiger partial charge in [0, 0.05) is 12.6 Å². The SMILES string of the molecule is CC(CC(=O)O)NCC1(O)CCCCCC1. The summed E-state index contributed by atoms with van der Waals surface area (Å²) in [6.45, 7) is 2.36. The van der Waals surface area contributed by atoms with Crippen molar-refractivity contribution in [2.45, 2.75) is 63.5 Å². The molecule has 0 aromatic carbocycles. The minimum Gasteiger partial charge on any atom is -0.481 e. The Labute approximate surface area is 97.0 Å². The number of nitrogens with one attached hydrogen (secondary N) is 1. The highest BCUT2D eigenvalue weighted by Gasteiger charge is 2.28. The van der Waals surface area contributed by atoms with Gasteiger partial charge in [0.25, 0.3) is 0 Å². The van der Waals surface area contributed by atoms with E-state index < -0.39 is 11.6 Å². The Bertz CT molecular complexity index is 222. The van der Waals surface area contributed by atoms with Gasteiger partial charge in [-0.3, -0.25) is 4.79 Å². The summed E-state index contributed by atoms with van der Waals surface area (Å²) in [5, 5.41) is 22.1. The zero-order chi connectivity index (χ0) is 12.0. The lowest BCUT2D eigenvalue weighted by Crippen LogP contribution is -2.44. The molecule has 1 atom stereocenters. The summed E-state index contributed by atoms with van der Waals surface area (Å²) in [4.78, 5) is 10.5. The van der Waals surface area contributed by atoms with Crippen LogP contribution in [0.15, 0.2) is 0 Å². The molecule has 16 heavy (non-hydrogen) atoms. The van der Waals surface area contributed by atoms with Crippen molar-refractivity contribution >= 4 is 5.97 Å². The van der Waals surface area contributed by atoms with E-state index in [4.69, 9.17) is 5.11 Å². The summed E-state index contributed by atoms with van der Waals surface area (Å²) in [5.41, 5.74) is -0.622. The second-order valence-corrected chi connectivity index (χ2v) is 5.02. The molecule has 1 saturated carbocycles. The highest BCUT2D eigenvalue weighted by molar-refractivity contribution is 5.67. The van der Waals surface area contributed by atoms with Gasteiger partial charge < -0.3 is 15.5 Å². The topological polar surface area (TPSA) is 69.6 Å². The second-order valence-electron chi connectivity index (χ2n) is 5.02. The molecule has 3 N–H and O–H groups in total. The van der Waals surface area contributed by atoms with Crippen molar-refractivity contribution in [1.82, 2.24) is 5.32 Å². The molecular weight excluding hydrogens is 206 g/mol. The Kier molecular flexibility index (Phi) is 5.22. The molecule has 4 heteroatoms. The van der Waals surface area contributed by atoms with Crippen LogP contribution in [-0.4, -0.2) is 34.4 Å². The minimum absolute atomic E-state index is 0.0789. The van der Waals surface area contributed by atoms with Crippen molar-refractivity contribution in [3.05, 3.63) is 0 Å². The van der Waals surface area contributed by atoms with Crippen molar-refractivity contribution in [2.75, 3.05) is 6.54 Å². The van der Waals surface area contributed by atoms with Gasteiger partial charge in [-0.2, -0.15) is 0 Å². The molecule has 0 spiro atoms. The first-order valence-corrected chi connectivity index (χ1v) is 6.19. The lowest BCUT2D eigenvalue weighted by Gasteiger charge is -2.28. The lowest BCUT2D eigenvalue weighted by molar-refractivity contribution is -0.137. The van der Waals surface area contributed by atoms with Crippen LogP contribution in [0.3, 0.4) is 0 Å². The number of hydrogen-bond acceptors (Lipinski definition) is 3. The Morgan fingerprint density at radius 3 is 2.38 bits per heavy atom. The monoisotopic (exact) mass is 229 g/mol. The van der Waals surface area contributed by atoms with Crippen LogP contribution in [-0.2, 0) is 4.79 Å². The molecule has 0 aromatic rings. The van der Waals surface area contributed by atoms with Gasteiger partial charge in [-0.15, -0.1) is 0 Å². The molecule has 1 aliphatic carbocycles. The fourth-order valence-electron chi connectivity index (χ4n) is 2.26. The molecule has 1 aliphatic rings. The lowest BCUT2D eigenvalue weighted by atomic mass is 9.94. The molecular formula is C12H23NO3. The summed E-state index contributed by atoms with van der Waals surface area (Å²) in [7, 11) is 0. The molecule has 94 valence electrons. The van der Waals surface area contributed by atoms with Crippen LogP contribution in [0, 0.1) is 0 Å². The van der Waals surface area contributed by atoms with E-state index in [0.29, 0.717) is 6.54 Å². The smallest absolute Gasteiger partial charge is 0.304 e. The number of aliphatic hydroxyl groups is 1. The summed E-state index contributed by atoms with van der Waals surface area (Å²) in [6, 6.07) is -0.0789. The third-order valence-electron chi connectivity index (χ3n) is 3.29. The third kappa shape index (κ3) is 4.94. The van der Waals surface area contributed by atoms with Crippen molar-refractivity contribution in [2.24, 2.45) is 0 Å². The number of rotatable bonds is 5. The summed E-state index contributed by atoms with van der Waals surface area (Å²) < 4.78 is 0. The fraction of sp³-hybridized carbons (Fsp3) is 0.917. The van der Waals surface area contributed by atoms with Crippen LogP contribution >= 0.6 is 0 Å². The number of carboxylic acids is 1. The highest BCUT2D eigenvalue weighted by Crippen LogP contribution is 2.26. The Hall–Kier alpha value is -0.610. The second kappa shape index (κ2) is 6.21. The molecule has 0 radical (unpaired) electrons. The van der Waals surface area contributed by atoms with Gasteiger partial charge in [-0.05, 0) is 19.8 Å². The van der Waals surface area contributed by atoms with Gasteiger partial charge in [-0.25, -0.2) is 0 Å². The predicted molar refractivity (Wildman–Crippen MR) is 62.4 cm³/mol. The van der Waals surface area contributed by atoms with E-state index in [1.165, 1.54) is 12.8 Å². The minimum atomic E-state index is -0.798. The first kappa shape index (κ1) is 13.5. The van der Waals surface area contributed by atoms with E-state index in [1.54, 1.807) is 0 Å². The van der Waals surface area contributed by atoms with E-state index in [1.807, 2.05) is 6.92 Å². The number of carboxylic acid groups (broad SMARTS) is 1. The van der Waals surface area contributed by atoms with Crippen LogP contribution in [0.1, 0.15) is 51.9 Å². The largest absolute Gasteiger partial charge is 0.481 e. The zero-order valence-corrected chi connectivity index (χ0v) is 10.0. The van der Waals surface area contributed by atoms with Crippen molar-refractivity contribution in [3.8, 4) is 0 Å². The molecule has 1 rings (SSSR count). The maximum Gasteiger partial charge on any atom is 0.304 e. The van der Waals surface area contributed by atoms with E-state index in [9.17, 15) is 9.90 Å². The van der Waals surface area contributed by atoms with Gasteiger partial charge in [0.05, 0.1) is 12.0 Å². The average Bonchev–Trinajstić information content (AvgIpc) is 2.40. The first-order chi connectivity index (χ1) is 7.52. The predicted octanol–water partition coefficient (Wildman–Crippen LogP) is 1.52. The van der Waals surface area contributed by atoms with Gasteiger partial charge >= 0.3 is 5.97 Å². The van der Waals surface area contributed by atoms with Crippen LogP contribution in [0.25, 0.3) is 0 Å². The maximum absolute atomic E-state index is 10.5. The molecule has 0 aromatic heterocycles. The van der Waals surface area contributed by atoms with Gasteiger partial charge in [0.2, 0.25) is 0 Å². The Morgan fingerprint density at radius 1 is 1.31 bits per heavy atom. The molecule has 4 nitrogen and oxygen atoms in total. The van der Waals surface area contributed by atoms with Crippen LogP contribution in [0.5, 0.6) is 0 Å². The summed E-state index contributed by atoms with van der Waals surface area (Å²) in [6.07, 6.45) is 6.33. The first-order valence-electron chi connectivity index (χ1n) is 6.19. The number of hydrogen-bond donors (Lipinski definition) is 3. The van der Waals surface area contributed by atoms with Crippen molar-refractivity contribution in [1.29, 1.82) is 0 Å². The van der Waals surface area contributed by atoms with Crippen LogP contribution in [0.2, 0.25) is 0 Å². The van der Waals surface area contributed by atoms with Crippen molar-refractivity contribution < 1.29 is 15.0 Å². The van der Waals surface area contributed by atoms with E-state index in [2.05, 4.69) is 5.32 Å². The highest BCUT2D eigenvalue weighted by atomic mass is 16.4. The maximum atomic E-state index is 10.5. The Balaban J connectivity index is 2.31. The summed E-state index contributed by atoms with van der Waals surface area (Å²) in [5.74, 6) is -0.798. The molecule has 0 saturated heterocycles. The molecule has 0 aliphatic heterocycles. The van der Waals surface area contributed by atoms with E-state index >= 15 is 0 Å². The molecule has 0 heterocycles. The average molecular weight is 229 g/mol. The standard InChI is InChI=1S/C12H23NO3/c1-10(8-11(14)15)13-9-12(16)6-4-2-3-5-7-12/h10,13,16H,2-9H2,1H3,(H,14,15). The van der Waals surface area contributed by atoms with Gasteiger partial charge in [0.15, 0.2) is 0 Å². The van der Waals surface area contributed by atoms with E-state index in [0.717, 1.165) is 25.7 Å². The molecule has 0 amide bonds. The molecule has 0 bridgehead atoms. The van der Waals surface area contributed by atoms with Crippen LogP contribution in [0.4, 0.5) is 0 Å². The normalized spacial score (nSPS) is 22.4.